The highest BCUT2D eigenvalue weighted by molar-refractivity contribution is 5.85. The zero-order valence-electron chi connectivity index (χ0n) is 11.0. The average molecular weight is 302 g/mol. The number of hydrogen-bond donors (Lipinski definition) is 2. The summed E-state index contributed by atoms with van der Waals surface area (Å²) < 4.78 is 0. The maximum absolute atomic E-state index is 10.8. The molecule has 2 rings (SSSR count). The summed E-state index contributed by atoms with van der Waals surface area (Å²) in [5.74, 6) is -0.196. The number of benzene rings is 2. The minimum absolute atomic E-state index is 0.111. The highest BCUT2D eigenvalue weighted by Crippen LogP contribution is 2.24. The molecule has 9 nitrogen and oxygen atoms in total. The van der Waals surface area contributed by atoms with Crippen molar-refractivity contribution in [2.24, 2.45) is 5.10 Å². The van der Waals surface area contributed by atoms with Gasteiger partial charge in [-0.3, -0.25) is 25.7 Å². The summed E-state index contributed by atoms with van der Waals surface area (Å²) in [6, 6.07) is 9.34. The Morgan fingerprint density at radius 2 is 1.82 bits per heavy atom. The Morgan fingerprint density at radius 3 is 2.50 bits per heavy atom. The molecule has 0 spiro atoms. The Bertz CT molecular complexity index is 760. The summed E-state index contributed by atoms with van der Waals surface area (Å²) in [5.41, 5.74) is 2.37. The number of hydrogen-bond acceptors (Lipinski definition) is 7. The number of hydrazone groups is 1. The van der Waals surface area contributed by atoms with Crippen LogP contribution in [0.1, 0.15) is 5.56 Å². The summed E-state index contributed by atoms with van der Waals surface area (Å²) in [5, 5.41) is 34.9. The predicted octanol–water partition coefficient (Wildman–Crippen LogP) is 2.65. The molecule has 2 aromatic rings. The van der Waals surface area contributed by atoms with E-state index in [0.717, 1.165) is 18.3 Å². The molecule has 0 aliphatic heterocycles. The first-order valence-electron chi connectivity index (χ1n) is 5.99. The average Bonchev–Trinajstić information content (AvgIpc) is 2.49. The summed E-state index contributed by atoms with van der Waals surface area (Å²) in [6.07, 6.45) is 1.14. The molecule has 0 atom stereocenters. The molecule has 9 heteroatoms. The summed E-state index contributed by atoms with van der Waals surface area (Å²) in [7, 11) is 0. The van der Waals surface area contributed by atoms with Crippen LogP contribution in [0, 0.1) is 20.2 Å². The fourth-order valence-electron chi connectivity index (χ4n) is 1.66. The molecule has 0 aromatic heterocycles. The van der Waals surface area contributed by atoms with Crippen molar-refractivity contribution >= 4 is 23.3 Å². The van der Waals surface area contributed by atoms with Crippen molar-refractivity contribution in [1.82, 2.24) is 0 Å². The summed E-state index contributed by atoms with van der Waals surface area (Å²) in [4.78, 5) is 20.3. The summed E-state index contributed by atoms with van der Waals surface area (Å²) >= 11 is 0. The molecule has 0 aliphatic rings. The van der Waals surface area contributed by atoms with E-state index in [2.05, 4.69) is 10.5 Å². The Hall–Kier alpha value is -3.49. The zero-order chi connectivity index (χ0) is 16.1. The number of nitro benzene ring substituents is 2. The molecule has 0 fully saturated rings. The highest BCUT2D eigenvalue weighted by Gasteiger charge is 2.12. The SMILES string of the molecule is O=[N+]([O-])c1ccc(O)c(/C=N/Nc2ccccc2[N+](=O)[O-])c1. The Labute approximate surface area is 123 Å². The molecule has 0 saturated heterocycles. The number of rotatable bonds is 5. The van der Waals surface area contributed by atoms with E-state index in [9.17, 15) is 25.3 Å². The number of anilines is 1. The Balaban J connectivity index is 2.22. The van der Waals surface area contributed by atoms with E-state index in [1.54, 1.807) is 6.07 Å². The molecule has 0 unspecified atom stereocenters. The van der Waals surface area contributed by atoms with Crippen LogP contribution in [0.25, 0.3) is 0 Å². The summed E-state index contributed by atoms with van der Waals surface area (Å²) in [6.45, 7) is 0. The van der Waals surface area contributed by atoms with Gasteiger partial charge in [-0.05, 0) is 12.1 Å². The lowest BCUT2D eigenvalue weighted by Crippen LogP contribution is -1.97. The topological polar surface area (TPSA) is 131 Å². The minimum atomic E-state index is -0.605. The quantitative estimate of drug-likeness (QED) is 0.496. The van der Waals surface area contributed by atoms with Gasteiger partial charge in [0.15, 0.2) is 0 Å². The third kappa shape index (κ3) is 3.33. The van der Waals surface area contributed by atoms with Crippen molar-refractivity contribution in [3.05, 3.63) is 68.3 Å². The lowest BCUT2D eigenvalue weighted by atomic mass is 10.2. The Morgan fingerprint density at radius 1 is 1.09 bits per heavy atom. The van der Waals surface area contributed by atoms with Gasteiger partial charge < -0.3 is 5.11 Å². The molecule has 0 aliphatic carbocycles. The molecule has 0 bridgehead atoms. The number of phenols is 1. The fraction of sp³-hybridized carbons (Fsp3) is 0. The molecule has 2 aromatic carbocycles. The third-order valence-electron chi connectivity index (χ3n) is 2.71. The lowest BCUT2D eigenvalue weighted by Gasteiger charge is -2.02. The van der Waals surface area contributed by atoms with Gasteiger partial charge in [-0.15, -0.1) is 0 Å². The predicted molar refractivity (Wildman–Crippen MR) is 79.1 cm³/mol. The van der Waals surface area contributed by atoms with Gasteiger partial charge in [0.1, 0.15) is 11.4 Å². The van der Waals surface area contributed by atoms with Crippen molar-refractivity contribution in [1.29, 1.82) is 0 Å². The first kappa shape index (κ1) is 14.9. The normalized spacial score (nSPS) is 10.5. The molecule has 0 saturated carbocycles. The van der Waals surface area contributed by atoms with Gasteiger partial charge in [0, 0.05) is 23.8 Å². The van der Waals surface area contributed by atoms with Gasteiger partial charge >= 0.3 is 0 Å². The fourth-order valence-corrected chi connectivity index (χ4v) is 1.66. The van der Waals surface area contributed by atoms with Gasteiger partial charge in [-0.25, -0.2) is 0 Å². The highest BCUT2D eigenvalue weighted by atomic mass is 16.6. The second kappa shape index (κ2) is 6.31. The van der Waals surface area contributed by atoms with Crippen LogP contribution in [-0.2, 0) is 0 Å². The van der Waals surface area contributed by atoms with Crippen molar-refractivity contribution in [2.45, 2.75) is 0 Å². The largest absolute Gasteiger partial charge is 0.507 e. The van der Waals surface area contributed by atoms with E-state index in [-0.39, 0.29) is 28.4 Å². The van der Waals surface area contributed by atoms with E-state index in [1.807, 2.05) is 0 Å². The van der Waals surface area contributed by atoms with Crippen LogP contribution in [0.3, 0.4) is 0 Å². The number of non-ortho nitro benzene ring substituents is 1. The molecule has 0 radical (unpaired) electrons. The molecule has 2 N–H and O–H groups in total. The van der Waals surface area contributed by atoms with Crippen LogP contribution in [0.4, 0.5) is 17.1 Å². The van der Waals surface area contributed by atoms with Gasteiger partial charge in [0.25, 0.3) is 11.4 Å². The smallest absolute Gasteiger partial charge is 0.294 e. The second-order valence-corrected chi connectivity index (χ2v) is 4.14. The van der Waals surface area contributed by atoms with Gasteiger partial charge in [-0.2, -0.15) is 5.10 Å². The van der Waals surface area contributed by atoms with Crippen LogP contribution in [-0.4, -0.2) is 21.2 Å². The molecule has 22 heavy (non-hydrogen) atoms. The lowest BCUT2D eigenvalue weighted by molar-refractivity contribution is -0.384. The monoisotopic (exact) mass is 302 g/mol. The molecule has 0 heterocycles. The second-order valence-electron chi connectivity index (χ2n) is 4.14. The van der Waals surface area contributed by atoms with Gasteiger partial charge in [0.2, 0.25) is 0 Å². The van der Waals surface area contributed by atoms with Crippen LogP contribution >= 0.6 is 0 Å². The van der Waals surface area contributed by atoms with Crippen molar-refractivity contribution in [3.63, 3.8) is 0 Å². The number of para-hydroxylation sites is 2. The van der Waals surface area contributed by atoms with Crippen molar-refractivity contribution in [2.75, 3.05) is 5.43 Å². The van der Waals surface area contributed by atoms with E-state index in [1.165, 1.54) is 24.3 Å². The minimum Gasteiger partial charge on any atom is -0.507 e. The van der Waals surface area contributed by atoms with Crippen molar-refractivity contribution < 1.29 is 15.0 Å². The number of phenolic OH excluding ortho intramolecular Hbond substituents is 1. The molecular weight excluding hydrogens is 292 g/mol. The van der Waals surface area contributed by atoms with Crippen LogP contribution < -0.4 is 5.43 Å². The Kier molecular flexibility index (Phi) is 4.27. The van der Waals surface area contributed by atoms with Crippen LogP contribution in [0.2, 0.25) is 0 Å². The first-order valence-corrected chi connectivity index (χ1v) is 5.99. The van der Waals surface area contributed by atoms with E-state index >= 15 is 0 Å². The third-order valence-corrected chi connectivity index (χ3v) is 2.71. The molecule has 0 amide bonds. The number of aromatic hydroxyl groups is 1. The first-order chi connectivity index (χ1) is 10.5. The molecular formula is C13H10N4O5. The van der Waals surface area contributed by atoms with Gasteiger partial charge in [0.05, 0.1) is 16.1 Å². The maximum atomic E-state index is 10.8. The number of nitro groups is 2. The van der Waals surface area contributed by atoms with Crippen LogP contribution in [0.15, 0.2) is 47.6 Å². The van der Waals surface area contributed by atoms with E-state index in [4.69, 9.17) is 0 Å². The number of nitrogens with zero attached hydrogens (tertiary/aromatic N) is 3. The van der Waals surface area contributed by atoms with E-state index < -0.39 is 9.85 Å². The maximum Gasteiger partial charge on any atom is 0.294 e. The zero-order valence-corrected chi connectivity index (χ0v) is 11.0. The number of nitrogens with one attached hydrogen (secondary N) is 1. The van der Waals surface area contributed by atoms with Gasteiger partial charge in [-0.1, -0.05) is 12.1 Å². The van der Waals surface area contributed by atoms with Crippen LogP contribution in [0.5, 0.6) is 5.75 Å². The standard InChI is InChI=1S/C13H10N4O5/c18-13-6-5-10(16(19)20)7-9(13)8-14-15-11-3-1-2-4-12(11)17(21)22/h1-8,15,18H/b14-8+. The van der Waals surface area contributed by atoms with Crippen molar-refractivity contribution in [3.8, 4) is 5.75 Å². The molecule has 112 valence electrons. The van der Waals surface area contributed by atoms with E-state index in [0.29, 0.717) is 0 Å².